The van der Waals surface area contributed by atoms with Crippen molar-refractivity contribution in [2.75, 3.05) is 19.7 Å². The van der Waals surface area contributed by atoms with Gasteiger partial charge in [0, 0.05) is 25.3 Å². The molecule has 0 unspecified atom stereocenters. The van der Waals surface area contributed by atoms with E-state index in [2.05, 4.69) is 10.3 Å². The molecular weight excluding hydrogens is 483 g/mol. The molecule has 1 aliphatic rings. The molecule has 8 nitrogen and oxygen atoms in total. The van der Waals surface area contributed by atoms with Gasteiger partial charge in [-0.3, -0.25) is 0 Å². The molecule has 1 N–H and O–H groups in total. The first-order chi connectivity index (χ1) is 17.4. The molecular formula is C26H31FN4O4S. The van der Waals surface area contributed by atoms with Crippen molar-refractivity contribution in [3.05, 3.63) is 83.4 Å². The first kappa shape index (κ1) is 25.8. The fourth-order valence-electron chi connectivity index (χ4n) is 4.30. The lowest BCUT2D eigenvalue weighted by atomic mass is 10.2. The summed E-state index contributed by atoms with van der Waals surface area (Å²) in [7, 11) is -3.99. The molecule has 36 heavy (non-hydrogen) atoms. The molecule has 1 saturated heterocycles. The van der Waals surface area contributed by atoms with Crippen LogP contribution in [0.3, 0.4) is 0 Å². The molecule has 2 aromatic carbocycles. The second-order valence-corrected chi connectivity index (χ2v) is 10.7. The monoisotopic (exact) mass is 514 g/mol. The number of sulfone groups is 1. The van der Waals surface area contributed by atoms with E-state index >= 15 is 0 Å². The van der Waals surface area contributed by atoms with Gasteiger partial charge < -0.3 is 19.5 Å². The molecule has 3 aromatic rings. The van der Waals surface area contributed by atoms with Crippen LogP contribution in [-0.2, 0) is 33.4 Å². The number of nitrogens with zero attached hydrogens (tertiary/aromatic N) is 3. The van der Waals surface area contributed by atoms with Gasteiger partial charge in [0.1, 0.15) is 5.82 Å². The molecule has 0 aliphatic carbocycles. The zero-order valence-corrected chi connectivity index (χ0v) is 21.1. The largest absolute Gasteiger partial charge is 0.376 e. The van der Waals surface area contributed by atoms with Crippen LogP contribution < -0.4 is 5.32 Å². The Morgan fingerprint density at radius 2 is 1.94 bits per heavy atom. The number of hydrogen-bond donors (Lipinski definition) is 1. The van der Waals surface area contributed by atoms with Crippen molar-refractivity contribution in [2.45, 2.75) is 49.9 Å². The Kier molecular flexibility index (Phi) is 8.37. The van der Waals surface area contributed by atoms with Crippen LogP contribution in [-0.4, -0.2) is 54.7 Å². The molecule has 1 aromatic heterocycles. The van der Waals surface area contributed by atoms with E-state index in [0.29, 0.717) is 25.4 Å². The first-order valence-corrected chi connectivity index (χ1v) is 13.7. The summed E-state index contributed by atoms with van der Waals surface area (Å²) in [6.07, 6.45) is 3.22. The molecule has 0 bridgehead atoms. The predicted octanol–water partition coefficient (Wildman–Crippen LogP) is 3.75. The smallest absolute Gasteiger partial charge is 0.317 e. The highest BCUT2D eigenvalue weighted by Gasteiger charge is 2.28. The van der Waals surface area contributed by atoms with Gasteiger partial charge >= 0.3 is 6.03 Å². The van der Waals surface area contributed by atoms with E-state index in [1.165, 1.54) is 24.4 Å². The fraction of sp³-hybridized carbons (Fsp3) is 0.385. The van der Waals surface area contributed by atoms with Gasteiger partial charge in [0.05, 0.1) is 36.8 Å². The third-order valence-electron chi connectivity index (χ3n) is 6.08. The van der Waals surface area contributed by atoms with Gasteiger partial charge in [-0.1, -0.05) is 48.5 Å². The van der Waals surface area contributed by atoms with Crippen LogP contribution in [0.15, 0.2) is 66.0 Å². The van der Waals surface area contributed by atoms with Crippen molar-refractivity contribution in [1.29, 1.82) is 0 Å². The Morgan fingerprint density at radius 3 is 2.64 bits per heavy atom. The minimum absolute atomic E-state index is 0.0673. The molecule has 1 aliphatic heterocycles. The van der Waals surface area contributed by atoms with Crippen LogP contribution in [0, 0.1) is 5.82 Å². The van der Waals surface area contributed by atoms with Crippen LogP contribution in [0.4, 0.5) is 9.18 Å². The van der Waals surface area contributed by atoms with Crippen molar-refractivity contribution in [2.24, 2.45) is 0 Å². The van der Waals surface area contributed by atoms with Gasteiger partial charge in [0.15, 0.2) is 0 Å². The Morgan fingerprint density at radius 1 is 1.19 bits per heavy atom. The molecule has 0 radical (unpaired) electrons. The van der Waals surface area contributed by atoms with Crippen LogP contribution in [0.5, 0.6) is 0 Å². The average molecular weight is 515 g/mol. The topological polar surface area (TPSA) is 93.5 Å². The molecule has 0 spiro atoms. The van der Waals surface area contributed by atoms with Crippen LogP contribution >= 0.6 is 0 Å². The number of ether oxygens (including phenoxy) is 1. The minimum atomic E-state index is -3.99. The zero-order chi connectivity index (χ0) is 25.5. The standard InChI is InChI=1S/C26H31FN4O4S/c1-2-28-25(32)30(18-23-12-8-14-35-23)17-22-15-29-26(31(22)16-20-9-4-3-5-10-20)36(33,34)19-21-11-6-7-13-24(21)27/h3-7,9-11,13,15,23H,2,8,12,14,16-19H2,1H3,(H,28,32)/t23-/m0/s1. The van der Waals surface area contributed by atoms with Crippen molar-refractivity contribution in [1.82, 2.24) is 19.8 Å². The summed E-state index contributed by atoms with van der Waals surface area (Å²) < 4.78 is 48.4. The number of nitrogens with one attached hydrogen (secondary N) is 1. The maximum Gasteiger partial charge on any atom is 0.317 e. The summed E-state index contributed by atoms with van der Waals surface area (Å²) in [5.74, 6) is -1.10. The third kappa shape index (κ3) is 6.30. The lowest BCUT2D eigenvalue weighted by Crippen LogP contribution is -2.43. The molecule has 10 heteroatoms. The van der Waals surface area contributed by atoms with E-state index in [4.69, 9.17) is 4.74 Å². The number of aromatic nitrogens is 2. The summed E-state index contributed by atoms with van der Waals surface area (Å²) >= 11 is 0. The summed E-state index contributed by atoms with van der Waals surface area (Å²) in [5, 5.41) is 2.67. The SMILES string of the molecule is CCNC(=O)N(Cc1cnc(S(=O)(=O)Cc2ccccc2F)n1Cc1ccccc1)C[C@@H]1CCCO1. The van der Waals surface area contributed by atoms with Crippen LogP contribution in [0.25, 0.3) is 0 Å². The van der Waals surface area contributed by atoms with Crippen molar-refractivity contribution < 1.29 is 22.3 Å². The summed E-state index contributed by atoms with van der Waals surface area (Å²) in [6.45, 7) is 3.76. The number of halogens is 1. The minimum Gasteiger partial charge on any atom is -0.376 e. The lowest BCUT2D eigenvalue weighted by molar-refractivity contribution is 0.0789. The number of rotatable bonds is 10. The highest BCUT2D eigenvalue weighted by atomic mass is 32.2. The highest BCUT2D eigenvalue weighted by molar-refractivity contribution is 7.90. The van der Waals surface area contributed by atoms with E-state index in [0.717, 1.165) is 18.4 Å². The Hall–Kier alpha value is -3.24. The maximum atomic E-state index is 14.3. The van der Waals surface area contributed by atoms with Gasteiger partial charge in [-0.05, 0) is 31.4 Å². The second kappa shape index (κ2) is 11.7. The van der Waals surface area contributed by atoms with E-state index in [9.17, 15) is 17.6 Å². The van der Waals surface area contributed by atoms with E-state index in [1.807, 2.05) is 37.3 Å². The summed E-state index contributed by atoms with van der Waals surface area (Å²) in [6, 6.07) is 15.0. The lowest BCUT2D eigenvalue weighted by Gasteiger charge is -2.26. The summed E-state index contributed by atoms with van der Waals surface area (Å²) in [4.78, 5) is 18.8. The second-order valence-electron chi connectivity index (χ2n) is 8.81. The fourth-order valence-corrected chi connectivity index (χ4v) is 5.80. The van der Waals surface area contributed by atoms with Crippen LogP contribution in [0.2, 0.25) is 0 Å². The number of hydrogen-bond acceptors (Lipinski definition) is 5. The average Bonchev–Trinajstić information content (AvgIpc) is 3.51. The normalized spacial score (nSPS) is 15.7. The number of carbonyl (C=O) groups excluding carboxylic acids is 1. The molecule has 4 rings (SSSR count). The number of amides is 2. The first-order valence-electron chi connectivity index (χ1n) is 12.1. The maximum absolute atomic E-state index is 14.3. The number of urea groups is 1. The predicted molar refractivity (Wildman–Crippen MR) is 134 cm³/mol. The number of imidazole rings is 1. The van der Waals surface area contributed by atoms with Crippen molar-refractivity contribution in [3.8, 4) is 0 Å². The van der Waals surface area contributed by atoms with E-state index in [1.54, 1.807) is 15.5 Å². The van der Waals surface area contributed by atoms with Crippen molar-refractivity contribution in [3.63, 3.8) is 0 Å². The van der Waals surface area contributed by atoms with Crippen LogP contribution in [0.1, 0.15) is 36.6 Å². The van der Waals surface area contributed by atoms with Crippen molar-refractivity contribution >= 4 is 15.9 Å². The number of benzene rings is 2. The molecule has 2 amide bonds. The molecule has 1 atom stereocenters. The number of carbonyl (C=O) groups is 1. The molecule has 2 heterocycles. The quantitative estimate of drug-likeness (QED) is 0.445. The van der Waals surface area contributed by atoms with Gasteiger partial charge in [0.2, 0.25) is 15.0 Å². The zero-order valence-electron chi connectivity index (χ0n) is 20.3. The van der Waals surface area contributed by atoms with Gasteiger partial charge in [-0.15, -0.1) is 0 Å². The van der Waals surface area contributed by atoms with Gasteiger partial charge in [-0.2, -0.15) is 0 Å². The van der Waals surface area contributed by atoms with Gasteiger partial charge in [-0.25, -0.2) is 22.6 Å². The highest BCUT2D eigenvalue weighted by Crippen LogP contribution is 2.22. The van der Waals surface area contributed by atoms with E-state index in [-0.39, 0.29) is 35.9 Å². The molecule has 0 saturated carbocycles. The third-order valence-corrected chi connectivity index (χ3v) is 7.66. The van der Waals surface area contributed by atoms with Gasteiger partial charge in [0.25, 0.3) is 0 Å². The molecule has 1 fully saturated rings. The Balaban J connectivity index is 1.68. The Labute approximate surface area is 211 Å². The molecule has 192 valence electrons. The van der Waals surface area contributed by atoms with E-state index < -0.39 is 21.4 Å². The summed E-state index contributed by atoms with van der Waals surface area (Å²) in [5.41, 5.74) is 1.52. The Bertz CT molecular complexity index is 1270.